The van der Waals surface area contributed by atoms with Gasteiger partial charge in [0.1, 0.15) is 0 Å². The normalized spacial score (nSPS) is 14.2. The Bertz CT molecular complexity index is 514. The molecule has 2 rings (SSSR count). The molecule has 0 fully saturated rings. The Morgan fingerprint density at radius 3 is 2.78 bits per heavy atom. The van der Waals surface area contributed by atoms with E-state index in [0.29, 0.717) is 24.7 Å². The molecule has 0 spiro atoms. The molecule has 1 aromatic heterocycles. The first-order valence-corrected chi connectivity index (χ1v) is 8.30. The zero-order valence-electron chi connectivity index (χ0n) is 13.8. The van der Waals surface area contributed by atoms with Crippen molar-refractivity contribution in [1.29, 1.82) is 0 Å². The van der Waals surface area contributed by atoms with Crippen LogP contribution in [0.2, 0.25) is 0 Å². The van der Waals surface area contributed by atoms with E-state index in [2.05, 4.69) is 26.7 Å². The molecular weight excluding hydrogens is 292 g/mol. The predicted octanol–water partition coefficient (Wildman–Crippen LogP) is 2.55. The highest BCUT2D eigenvalue weighted by Crippen LogP contribution is 2.19. The van der Waals surface area contributed by atoms with Gasteiger partial charge in [-0.05, 0) is 38.5 Å². The molecule has 126 valence electrons. The standard InChI is InChI=1S/C17H26N4O2/c1-23-11-5-9-19-17-20-12-15(13-21-17)16(22)18-10-8-14-6-3-2-4-7-14/h6,12-13H,2-5,7-11H2,1H3,(H,18,22)(H,19,20,21). The van der Waals surface area contributed by atoms with Gasteiger partial charge in [-0.3, -0.25) is 4.79 Å². The van der Waals surface area contributed by atoms with Gasteiger partial charge in [0.05, 0.1) is 5.56 Å². The van der Waals surface area contributed by atoms with Gasteiger partial charge in [-0.2, -0.15) is 0 Å². The molecule has 0 aromatic carbocycles. The molecule has 2 N–H and O–H groups in total. The van der Waals surface area contributed by atoms with E-state index in [0.717, 1.165) is 19.4 Å². The van der Waals surface area contributed by atoms with Crippen molar-refractivity contribution in [2.45, 2.75) is 38.5 Å². The quantitative estimate of drug-likeness (QED) is 0.540. The second-order valence-corrected chi connectivity index (χ2v) is 5.68. The maximum absolute atomic E-state index is 12.0. The number of nitrogens with zero attached hydrogens (tertiary/aromatic N) is 2. The van der Waals surface area contributed by atoms with Crippen molar-refractivity contribution in [1.82, 2.24) is 15.3 Å². The third kappa shape index (κ3) is 6.36. The summed E-state index contributed by atoms with van der Waals surface area (Å²) in [4.78, 5) is 20.4. The van der Waals surface area contributed by atoms with Crippen LogP contribution in [0, 0.1) is 0 Å². The Morgan fingerprint density at radius 2 is 2.09 bits per heavy atom. The number of anilines is 1. The van der Waals surface area contributed by atoms with E-state index < -0.39 is 0 Å². The number of hydrogen-bond acceptors (Lipinski definition) is 5. The highest BCUT2D eigenvalue weighted by Gasteiger charge is 2.08. The van der Waals surface area contributed by atoms with Gasteiger partial charge in [0.2, 0.25) is 5.95 Å². The summed E-state index contributed by atoms with van der Waals surface area (Å²) >= 11 is 0. The van der Waals surface area contributed by atoms with Crippen LogP contribution in [0.1, 0.15) is 48.9 Å². The summed E-state index contributed by atoms with van der Waals surface area (Å²) in [5.74, 6) is 0.414. The lowest BCUT2D eigenvalue weighted by Gasteiger charge is -2.12. The maximum Gasteiger partial charge on any atom is 0.254 e. The zero-order chi connectivity index (χ0) is 16.3. The highest BCUT2D eigenvalue weighted by atomic mass is 16.5. The topological polar surface area (TPSA) is 76.1 Å². The monoisotopic (exact) mass is 318 g/mol. The minimum atomic E-state index is -0.118. The number of ether oxygens (including phenoxy) is 1. The van der Waals surface area contributed by atoms with Crippen LogP contribution in [0.15, 0.2) is 24.0 Å². The fourth-order valence-electron chi connectivity index (χ4n) is 2.52. The van der Waals surface area contributed by atoms with Gasteiger partial charge >= 0.3 is 0 Å². The van der Waals surface area contributed by atoms with Gasteiger partial charge in [0.15, 0.2) is 0 Å². The summed E-state index contributed by atoms with van der Waals surface area (Å²) in [6, 6.07) is 0. The number of nitrogens with one attached hydrogen (secondary N) is 2. The fraction of sp³-hybridized carbons (Fsp3) is 0.588. The highest BCUT2D eigenvalue weighted by molar-refractivity contribution is 5.93. The van der Waals surface area contributed by atoms with Crippen molar-refractivity contribution in [3.8, 4) is 0 Å². The summed E-state index contributed by atoms with van der Waals surface area (Å²) in [6.45, 7) is 2.11. The Hall–Kier alpha value is -1.95. The molecule has 1 heterocycles. The summed E-state index contributed by atoms with van der Waals surface area (Å²) < 4.78 is 4.97. The van der Waals surface area contributed by atoms with Crippen LogP contribution in [0.3, 0.4) is 0 Å². The van der Waals surface area contributed by atoms with Crippen LogP contribution < -0.4 is 10.6 Å². The van der Waals surface area contributed by atoms with E-state index in [-0.39, 0.29) is 5.91 Å². The molecule has 0 saturated heterocycles. The van der Waals surface area contributed by atoms with E-state index >= 15 is 0 Å². The minimum Gasteiger partial charge on any atom is -0.385 e. The number of rotatable bonds is 9. The molecule has 1 aromatic rings. The molecule has 6 heteroatoms. The first-order valence-electron chi connectivity index (χ1n) is 8.30. The lowest BCUT2D eigenvalue weighted by atomic mass is 9.97. The van der Waals surface area contributed by atoms with Gasteiger partial charge in [-0.15, -0.1) is 0 Å². The van der Waals surface area contributed by atoms with Crippen molar-refractivity contribution in [3.05, 3.63) is 29.6 Å². The predicted molar refractivity (Wildman–Crippen MR) is 90.5 cm³/mol. The van der Waals surface area contributed by atoms with Crippen LogP contribution in [-0.2, 0) is 4.74 Å². The van der Waals surface area contributed by atoms with Crippen molar-refractivity contribution in [3.63, 3.8) is 0 Å². The van der Waals surface area contributed by atoms with E-state index in [1.807, 2.05) is 0 Å². The number of allylic oxidation sites excluding steroid dienone is 1. The fourth-order valence-corrected chi connectivity index (χ4v) is 2.52. The van der Waals surface area contributed by atoms with Crippen molar-refractivity contribution in [2.75, 3.05) is 32.1 Å². The van der Waals surface area contributed by atoms with E-state index in [1.54, 1.807) is 19.5 Å². The number of aromatic nitrogens is 2. The summed E-state index contributed by atoms with van der Waals surface area (Å²) in [7, 11) is 1.68. The zero-order valence-corrected chi connectivity index (χ0v) is 13.8. The second-order valence-electron chi connectivity index (χ2n) is 5.68. The number of methoxy groups -OCH3 is 1. The number of hydrogen-bond donors (Lipinski definition) is 2. The van der Waals surface area contributed by atoms with Crippen molar-refractivity contribution in [2.24, 2.45) is 0 Å². The van der Waals surface area contributed by atoms with Crippen LogP contribution >= 0.6 is 0 Å². The first-order chi connectivity index (χ1) is 11.3. The average molecular weight is 318 g/mol. The molecule has 1 amide bonds. The molecule has 0 saturated carbocycles. The van der Waals surface area contributed by atoms with Gasteiger partial charge < -0.3 is 15.4 Å². The first kappa shape index (κ1) is 17.4. The van der Waals surface area contributed by atoms with Crippen LogP contribution in [0.25, 0.3) is 0 Å². The molecule has 0 atom stereocenters. The SMILES string of the molecule is COCCCNc1ncc(C(=O)NCCC2=CCCCC2)cn1. The third-order valence-electron chi connectivity index (χ3n) is 3.84. The molecule has 1 aliphatic rings. The summed E-state index contributed by atoms with van der Waals surface area (Å²) in [6.07, 6.45) is 12.2. The number of amides is 1. The van der Waals surface area contributed by atoms with Crippen molar-refractivity contribution >= 4 is 11.9 Å². The Labute approximate surface area is 137 Å². The minimum absolute atomic E-state index is 0.118. The lowest BCUT2D eigenvalue weighted by Crippen LogP contribution is -2.25. The molecule has 23 heavy (non-hydrogen) atoms. The number of carbonyl (C=O) groups excluding carboxylic acids is 1. The van der Waals surface area contributed by atoms with Gasteiger partial charge in [0.25, 0.3) is 5.91 Å². The lowest BCUT2D eigenvalue weighted by molar-refractivity contribution is 0.0953. The van der Waals surface area contributed by atoms with Crippen molar-refractivity contribution < 1.29 is 9.53 Å². The largest absolute Gasteiger partial charge is 0.385 e. The molecule has 1 aliphatic carbocycles. The third-order valence-corrected chi connectivity index (χ3v) is 3.84. The van der Waals surface area contributed by atoms with Gasteiger partial charge in [-0.1, -0.05) is 11.6 Å². The van der Waals surface area contributed by atoms with Crippen LogP contribution in [-0.4, -0.2) is 42.7 Å². The van der Waals surface area contributed by atoms with Crippen LogP contribution in [0.5, 0.6) is 0 Å². The summed E-state index contributed by atoms with van der Waals surface area (Å²) in [5.41, 5.74) is 1.95. The van der Waals surface area contributed by atoms with Gasteiger partial charge in [-0.25, -0.2) is 9.97 Å². The second kappa shape index (κ2) is 9.94. The van der Waals surface area contributed by atoms with E-state index in [4.69, 9.17) is 4.74 Å². The van der Waals surface area contributed by atoms with E-state index in [9.17, 15) is 4.79 Å². The summed E-state index contributed by atoms with van der Waals surface area (Å²) in [5, 5.41) is 6.02. The van der Waals surface area contributed by atoms with Crippen LogP contribution in [0.4, 0.5) is 5.95 Å². The average Bonchev–Trinajstić information content (AvgIpc) is 2.60. The molecule has 6 nitrogen and oxygen atoms in total. The maximum atomic E-state index is 12.0. The Balaban J connectivity index is 1.70. The smallest absolute Gasteiger partial charge is 0.254 e. The molecule has 0 unspecified atom stereocenters. The molecule has 0 radical (unpaired) electrons. The molecule has 0 aliphatic heterocycles. The Kier molecular flexibility index (Phi) is 7.52. The molecular formula is C17H26N4O2. The molecule has 0 bridgehead atoms. The van der Waals surface area contributed by atoms with E-state index in [1.165, 1.54) is 31.3 Å². The Morgan fingerprint density at radius 1 is 1.26 bits per heavy atom. The number of carbonyl (C=O) groups is 1. The van der Waals surface area contributed by atoms with Gasteiger partial charge in [0, 0.05) is 39.2 Å².